The number of aryl methyl sites for hydroxylation is 1. The predicted molar refractivity (Wildman–Crippen MR) is 139 cm³/mol. The number of para-hydroxylation sites is 1. The summed E-state index contributed by atoms with van der Waals surface area (Å²) in [5, 5.41) is 0.686. The van der Waals surface area contributed by atoms with E-state index in [2.05, 4.69) is 0 Å². The molecule has 2 aliphatic heterocycles. The number of anilines is 1. The van der Waals surface area contributed by atoms with E-state index >= 15 is 0 Å². The topological polar surface area (TPSA) is 93.2 Å². The van der Waals surface area contributed by atoms with Crippen molar-refractivity contribution in [1.29, 1.82) is 0 Å². The molecule has 8 nitrogen and oxygen atoms in total. The second kappa shape index (κ2) is 10.1. The average Bonchev–Trinajstić information content (AvgIpc) is 3.28. The van der Waals surface area contributed by atoms with Crippen molar-refractivity contribution in [3.8, 4) is 0 Å². The lowest BCUT2D eigenvalue weighted by atomic mass is 10.2. The Morgan fingerprint density at radius 1 is 1.14 bits per heavy atom. The summed E-state index contributed by atoms with van der Waals surface area (Å²) < 4.78 is 35.8. The van der Waals surface area contributed by atoms with Crippen molar-refractivity contribution in [2.75, 3.05) is 31.4 Å². The smallest absolute Gasteiger partial charge is 0.302 e. The van der Waals surface area contributed by atoms with E-state index < -0.39 is 26.4 Å². The molecule has 1 atom stereocenters. The minimum Gasteiger partial charge on any atom is -0.464 e. The van der Waals surface area contributed by atoms with E-state index in [1.54, 1.807) is 18.4 Å². The molecule has 0 saturated carbocycles. The maximum absolute atomic E-state index is 13.7. The van der Waals surface area contributed by atoms with Crippen molar-refractivity contribution < 1.29 is 26.9 Å². The standard InChI is InChI=1S/C23H24N2O6S4/c1-15-9-11-17(12-10-15)35(28,29)31-23(32-4)25(13-14-30-16(2)26)21(27)20(34-23)22-24(3)18-7-5-6-8-19(18)33-22/h5-12H,13-14H2,1-4H3. The summed E-state index contributed by atoms with van der Waals surface area (Å²) >= 11 is 3.57. The second-order valence-electron chi connectivity index (χ2n) is 7.74. The molecule has 1 unspecified atom stereocenters. The van der Waals surface area contributed by atoms with Gasteiger partial charge >= 0.3 is 16.1 Å². The number of ether oxygens (including phenoxy) is 1. The third kappa shape index (κ3) is 5.08. The molecule has 0 bridgehead atoms. The lowest BCUT2D eigenvalue weighted by Gasteiger charge is -2.33. The largest absolute Gasteiger partial charge is 0.464 e. The molecule has 0 radical (unpaired) electrons. The van der Waals surface area contributed by atoms with Crippen LogP contribution in [0.25, 0.3) is 0 Å². The summed E-state index contributed by atoms with van der Waals surface area (Å²) in [4.78, 5) is 29.6. The Kier molecular flexibility index (Phi) is 7.49. The number of nitrogens with zero attached hydrogens (tertiary/aromatic N) is 2. The number of thioether (sulfide) groups is 3. The number of amides is 1. The summed E-state index contributed by atoms with van der Waals surface area (Å²) in [5.41, 5.74) is 1.86. The van der Waals surface area contributed by atoms with Crippen molar-refractivity contribution in [3.63, 3.8) is 0 Å². The molecule has 0 aliphatic carbocycles. The molecule has 2 aromatic carbocycles. The molecule has 1 amide bonds. The fourth-order valence-corrected chi connectivity index (χ4v) is 8.72. The number of hydrogen-bond donors (Lipinski definition) is 0. The van der Waals surface area contributed by atoms with Crippen molar-refractivity contribution in [2.24, 2.45) is 0 Å². The molecule has 35 heavy (non-hydrogen) atoms. The van der Waals surface area contributed by atoms with Crippen LogP contribution in [0, 0.1) is 6.92 Å². The summed E-state index contributed by atoms with van der Waals surface area (Å²) in [5.74, 6) is -0.884. The molecule has 0 aromatic heterocycles. The number of rotatable bonds is 7. The van der Waals surface area contributed by atoms with Gasteiger partial charge in [-0.2, -0.15) is 8.42 Å². The van der Waals surface area contributed by atoms with Gasteiger partial charge in [0.15, 0.2) is 0 Å². The van der Waals surface area contributed by atoms with E-state index in [1.165, 1.54) is 35.7 Å². The Morgan fingerprint density at radius 2 is 1.83 bits per heavy atom. The number of carbonyl (C=O) groups is 2. The Hall–Kier alpha value is -2.12. The molecule has 2 aromatic rings. The van der Waals surface area contributed by atoms with E-state index in [0.29, 0.717) is 9.93 Å². The lowest BCUT2D eigenvalue weighted by molar-refractivity contribution is -0.144. The van der Waals surface area contributed by atoms with Crippen LogP contribution in [0.3, 0.4) is 0 Å². The fourth-order valence-electron chi connectivity index (χ4n) is 3.57. The van der Waals surface area contributed by atoms with Crippen LogP contribution in [0.5, 0.6) is 0 Å². The van der Waals surface area contributed by atoms with Gasteiger partial charge in [0.05, 0.1) is 22.2 Å². The van der Waals surface area contributed by atoms with Gasteiger partial charge in [0.1, 0.15) is 11.5 Å². The van der Waals surface area contributed by atoms with Crippen molar-refractivity contribution in [2.45, 2.75) is 28.0 Å². The van der Waals surface area contributed by atoms with Gasteiger partial charge in [-0.15, -0.1) is 0 Å². The summed E-state index contributed by atoms with van der Waals surface area (Å²) in [6.45, 7) is 3.00. The highest BCUT2D eigenvalue weighted by molar-refractivity contribution is 8.21. The number of hydrogen-bond acceptors (Lipinski definition) is 10. The van der Waals surface area contributed by atoms with Gasteiger partial charge < -0.3 is 9.64 Å². The third-order valence-electron chi connectivity index (χ3n) is 5.34. The highest BCUT2D eigenvalue weighted by Gasteiger charge is 2.55. The predicted octanol–water partition coefficient (Wildman–Crippen LogP) is 4.22. The van der Waals surface area contributed by atoms with Crippen LogP contribution in [-0.4, -0.2) is 56.0 Å². The quantitative estimate of drug-likeness (QED) is 0.215. The summed E-state index contributed by atoms with van der Waals surface area (Å²) in [6.07, 6.45) is 1.68. The molecule has 1 fully saturated rings. The minimum atomic E-state index is -4.23. The first-order valence-corrected chi connectivity index (χ1v) is 14.8. The molecule has 1 saturated heterocycles. The highest BCUT2D eigenvalue weighted by Crippen LogP contribution is 2.57. The second-order valence-corrected chi connectivity index (χ2v) is 12.7. The number of benzene rings is 2. The maximum atomic E-state index is 13.7. The number of fused-ring (bicyclic) bond motifs is 1. The fraction of sp³-hybridized carbons (Fsp3) is 0.304. The molecular weight excluding hydrogens is 529 g/mol. The van der Waals surface area contributed by atoms with Gasteiger partial charge in [-0.25, -0.2) is 4.18 Å². The van der Waals surface area contributed by atoms with Crippen LogP contribution in [0.2, 0.25) is 0 Å². The van der Waals surface area contributed by atoms with E-state index in [1.807, 2.05) is 43.1 Å². The Balaban J connectivity index is 1.74. The van der Waals surface area contributed by atoms with E-state index in [-0.39, 0.29) is 18.0 Å². The molecule has 0 N–H and O–H groups in total. The molecule has 2 aliphatic rings. The van der Waals surface area contributed by atoms with Crippen molar-refractivity contribution in [1.82, 2.24) is 4.90 Å². The van der Waals surface area contributed by atoms with Gasteiger partial charge in [-0.3, -0.25) is 14.5 Å². The number of carbonyl (C=O) groups excluding carboxylic acids is 2. The van der Waals surface area contributed by atoms with Crippen LogP contribution in [0.15, 0.2) is 68.3 Å². The monoisotopic (exact) mass is 552 g/mol. The van der Waals surface area contributed by atoms with Gasteiger partial charge in [0.2, 0.25) is 0 Å². The lowest BCUT2D eigenvalue weighted by Crippen LogP contribution is -2.46. The zero-order valence-corrected chi connectivity index (χ0v) is 22.8. The van der Waals surface area contributed by atoms with Crippen LogP contribution in [0.1, 0.15) is 12.5 Å². The first-order valence-electron chi connectivity index (χ1n) is 10.5. The average molecular weight is 553 g/mol. The Bertz CT molecular complexity index is 1300. The molecular formula is C23H24N2O6S4. The first kappa shape index (κ1) is 26.0. The van der Waals surface area contributed by atoms with Gasteiger partial charge in [0, 0.05) is 18.9 Å². The normalized spacial score (nSPS) is 22.0. The Morgan fingerprint density at radius 3 is 2.46 bits per heavy atom. The highest BCUT2D eigenvalue weighted by atomic mass is 32.2. The SMILES string of the molecule is CSC1(OS(=O)(=O)c2ccc(C)cc2)SC(=C2Sc3ccccc3N2C)C(=O)N1CCOC(C)=O. The van der Waals surface area contributed by atoms with Crippen LogP contribution in [-0.2, 0) is 28.6 Å². The molecule has 12 heteroatoms. The van der Waals surface area contributed by atoms with Gasteiger partial charge in [-0.1, -0.05) is 53.4 Å². The van der Waals surface area contributed by atoms with Gasteiger partial charge in [0.25, 0.3) is 10.3 Å². The summed E-state index contributed by atoms with van der Waals surface area (Å²) in [7, 11) is -2.37. The molecule has 4 rings (SSSR count). The van der Waals surface area contributed by atoms with Crippen molar-refractivity contribution >= 4 is 63.0 Å². The van der Waals surface area contributed by atoms with E-state index in [9.17, 15) is 18.0 Å². The van der Waals surface area contributed by atoms with Gasteiger partial charge in [-0.05, 0) is 49.2 Å². The van der Waals surface area contributed by atoms with Crippen LogP contribution >= 0.6 is 35.3 Å². The van der Waals surface area contributed by atoms with Crippen molar-refractivity contribution in [3.05, 3.63) is 64.0 Å². The first-order chi connectivity index (χ1) is 16.6. The maximum Gasteiger partial charge on any atom is 0.302 e. The number of esters is 1. The van der Waals surface area contributed by atoms with Crippen LogP contribution < -0.4 is 4.90 Å². The van der Waals surface area contributed by atoms with Crippen LogP contribution in [0.4, 0.5) is 5.69 Å². The zero-order chi connectivity index (χ0) is 25.4. The third-order valence-corrected chi connectivity index (χ3v) is 10.9. The summed E-state index contributed by atoms with van der Waals surface area (Å²) in [6, 6.07) is 14.1. The van der Waals surface area contributed by atoms with E-state index in [0.717, 1.165) is 39.7 Å². The molecule has 186 valence electrons. The minimum absolute atomic E-state index is 0.00891. The molecule has 0 spiro atoms. The Labute approximate surface area is 217 Å². The zero-order valence-electron chi connectivity index (χ0n) is 19.5. The molecule has 2 heterocycles. The van der Waals surface area contributed by atoms with E-state index in [4.69, 9.17) is 8.92 Å².